The van der Waals surface area contributed by atoms with E-state index < -0.39 is 11.6 Å². The van der Waals surface area contributed by atoms with Crippen LogP contribution in [-0.2, 0) is 6.42 Å². The molecule has 0 aromatic heterocycles. The molecule has 0 fully saturated rings. The van der Waals surface area contributed by atoms with Gasteiger partial charge in [0.05, 0.1) is 0 Å². The van der Waals surface area contributed by atoms with Crippen molar-refractivity contribution in [2.24, 2.45) is 0 Å². The van der Waals surface area contributed by atoms with Gasteiger partial charge in [-0.1, -0.05) is 6.92 Å². The smallest absolute Gasteiger partial charge is 0.126 e. The normalized spacial score (nSPS) is 12.8. The molecule has 3 heteroatoms. The minimum absolute atomic E-state index is 0.413. The van der Waals surface area contributed by atoms with Crippen molar-refractivity contribution >= 4 is 0 Å². The molecule has 0 amide bonds. The molecule has 0 bridgehead atoms. The molecule has 0 spiro atoms. The molecule has 1 rings (SSSR count). The van der Waals surface area contributed by atoms with Gasteiger partial charge in [0.1, 0.15) is 11.6 Å². The van der Waals surface area contributed by atoms with E-state index in [1.807, 2.05) is 7.05 Å². The second kappa shape index (κ2) is 5.81. The molecular weight excluding hydrogens is 196 g/mol. The quantitative estimate of drug-likeness (QED) is 0.793. The molecule has 0 aliphatic heterocycles. The molecule has 0 aliphatic carbocycles. The number of hydrogen-bond acceptors (Lipinski definition) is 1. The first kappa shape index (κ1) is 12.1. The SMILES string of the molecule is CCC(CCc1cc(F)cc(F)c1)NC. The summed E-state index contributed by atoms with van der Waals surface area (Å²) in [4.78, 5) is 0. The average Bonchev–Trinajstić information content (AvgIpc) is 2.18. The molecule has 0 saturated heterocycles. The summed E-state index contributed by atoms with van der Waals surface area (Å²) in [7, 11) is 1.90. The first-order chi connectivity index (χ1) is 7.15. The zero-order valence-electron chi connectivity index (χ0n) is 9.19. The predicted octanol–water partition coefficient (Wildman–Crippen LogP) is 2.90. The maximum absolute atomic E-state index is 12.9. The highest BCUT2D eigenvalue weighted by molar-refractivity contribution is 5.18. The zero-order chi connectivity index (χ0) is 11.3. The molecule has 15 heavy (non-hydrogen) atoms. The molecular formula is C12H17F2N. The van der Waals surface area contributed by atoms with Crippen LogP contribution in [0.5, 0.6) is 0 Å². The number of nitrogens with one attached hydrogen (secondary N) is 1. The first-order valence-corrected chi connectivity index (χ1v) is 5.28. The van der Waals surface area contributed by atoms with Crippen molar-refractivity contribution in [3.8, 4) is 0 Å². The fraction of sp³-hybridized carbons (Fsp3) is 0.500. The summed E-state index contributed by atoms with van der Waals surface area (Å²) < 4.78 is 25.7. The van der Waals surface area contributed by atoms with Crippen molar-refractivity contribution in [3.63, 3.8) is 0 Å². The van der Waals surface area contributed by atoms with Gasteiger partial charge in [0.2, 0.25) is 0 Å². The molecule has 0 heterocycles. The van der Waals surface area contributed by atoms with Crippen molar-refractivity contribution in [1.82, 2.24) is 5.32 Å². The van der Waals surface area contributed by atoms with Gasteiger partial charge in [-0.2, -0.15) is 0 Å². The Labute approximate surface area is 89.5 Å². The summed E-state index contributed by atoms with van der Waals surface area (Å²) >= 11 is 0. The highest BCUT2D eigenvalue weighted by Gasteiger charge is 2.05. The third kappa shape index (κ3) is 3.96. The summed E-state index contributed by atoms with van der Waals surface area (Å²) in [5, 5.41) is 3.16. The molecule has 1 atom stereocenters. The fourth-order valence-electron chi connectivity index (χ4n) is 1.65. The van der Waals surface area contributed by atoms with Crippen molar-refractivity contribution in [1.29, 1.82) is 0 Å². The topological polar surface area (TPSA) is 12.0 Å². The van der Waals surface area contributed by atoms with Crippen molar-refractivity contribution in [3.05, 3.63) is 35.4 Å². The lowest BCUT2D eigenvalue weighted by atomic mass is 10.0. The van der Waals surface area contributed by atoms with Crippen LogP contribution in [0.4, 0.5) is 8.78 Å². The Morgan fingerprint density at radius 1 is 1.20 bits per heavy atom. The highest BCUT2D eigenvalue weighted by atomic mass is 19.1. The first-order valence-electron chi connectivity index (χ1n) is 5.28. The Kier molecular flexibility index (Phi) is 4.69. The third-order valence-electron chi connectivity index (χ3n) is 2.60. The fourth-order valence-corrected chi connectivity index (χ4v) is 1.65. The number of halogens is 2. The van der Waals surface area contributed by atoms with Crippen molar-refractivity contribution in [2.45, 2.75) is 32.2 Å². The van der Waals surface area contributed by atoms with E-state index in [9.17, 15) is 8.78 Å². The van der Waals surface area contributed by atoms with Crippen LogP contribution in [-0.4, -0.2) is 13.1 Å². The van der Waals surface area contributed by atoms with E-state index in [1.54, 1.807) is 0 Å². The molecule has 0 saturated carbocycles. The standard InChI is InChI=1S/C12H17F2N/c1-3-12(15-2)5-4-9-6-10(13)8-11(14)7-9/h6-8,12,15H,3-5H2,1-2H3. The number of rotatable bonds is 5. The molecule has 0 aliphatic rings. The van der Waals surface area contributed by atoms with E-state index in [1.165, 1.54) is 12.1 Å². The second-order valence-corrected chi connectivity index (χ2v) is 3.71. The van der Waals surface area contributed by atoms with Crippen LogP contribution in [0.1, 0.15) is 25.3 Å². The summed E-state index contributed by atoms with van der Waals surface area (Å²) in [5.74, 6) is -0.995. The zero-order valence-corrected chi connectivity index (χ0v) is 9.19. The van der Waals surface area contributed by atoms with Crippen molar-refractivity contribution in [2.75, 3.05) is 7.05 Å². The Morgan fingerprint density at radius 3 is 2.27 bits per heavy atom. The average molecular weight is 213 g/mol. The Morgan fingerprint density at radius 2 is 1.80 bits per heavy atom. The molecule has 1 aromatic carbocycles. The van der Waals surface area contributed by atoms with Gasteiger partial charge in [-0.3, -0.25) is 0 Å². The van der Waals surface area contributed by atoms with Gasteiger partial charge in [0.25, 0.3) is 0 Å². The van der Waals surface area contributed by atoms with Crippen LogP contribution < -0.4 is 5.32 Å². The number of hydrogen-bond donors (Lipinski definition) is 1. The Bertz CT molecular complexity index is 288. The molecule has 1 unspecified atom stereocenters. The molecule has 84 valence electrons. The van der Waals surface area contributed by atoms with E-state index in [4.69, 9.17) is 0 Å². The lowest BCUT2D eigenvalue weighted by Crippen LogP contribution is -2.24. The van der Waals surface area contributed by atoms with Gasteiger partial charge in [-0.15, -0.1) is 0 Å². The van der Waals surface area contributed by atoms with Gasteiger partial charge in [0.15, 0.2) is 0 Å². The van der Waals surface area contributed by atoms with Crippen LogP contribution in [0.15, 0.2) is 18.2 Å². The lowest BCUT2D eigenvalue weighted by molar-refractivity contribution is 0.506. The molecule has 1 N–H and O–H groups in total. The van der Waals surface area contributed by atoms with E-state index in [2.05, 4.69) is 12.2 Å². The molecule has 1 aromatic rings. The van der Waals surface area contributed by atoms with Crippen LogP contribution in [0, 0.1) is 11.6 Å². The van der Waals surface area contributed by atoms with Gasteiger partial charge >= 0.3 is 0 Å². The van der Waals surface area contributed by atoms with E-state index in [-0.39, 0.29) is 0 Å². The minimum Gasteiger partial charge on any atom is -0.317 e. The summed E-state index contributed by atoms with van der Waals surface area (Å²) in [5.41, 5.74) is 0.723. The van der Waals surface area contributed by atoms with Gasteiger partial charge in [0, 0.05) is 12.1 Å². The predicted molar refractivity (Wildman–Crippen MR) is 57.8 cm³/mol. The summed E-state index contributed by atoms with van der Waals surface area (Å²) in [6.45, 7) is 2.09. The maximum atomic E-state index is 12.9. The van der Waals surface area contributed by atoms with Crippen LogP contribution in [0.2, 0.25) is 0 Å². The van der Waals surface area contributed by atoms with E-state index >= 15 is 0 Å². The number of aryl methyl sites for hydroxylation is 1. The molecule has 1 nitrogen and oxygen atoms in total. The van der Waals surface area contributed by atoms with Gasteiger partial charge in [-0.25, -0.2) is 8.78 Å². The summed E-state index contributed by atoms with van der Waals surface area (Å²) in [6, 6.07) is 4.10. The highest BCUT2D eigenvalue weighted by Crippen LogP contribution is 2.11. The Hall–Kier alpha value is -0.960. The minimum atomic E-state index is -0.498. The summed E-state index contributed by atoms with van der Waals surface area (Å²) in [6.07, 6.45) is 2.62. The van der Waals surface area contributed by atoms with Crippen LogP contribution >= 0.6 is 0 Å². The third-order valence-corrected chi connectivity index (χ3v) is 2.60. The largest absolute Gasteiger partial charge is 0.317 e. The Balaban J connectivity index is 2.57. The van der Waals surface area contributed by atoms with Crippen molar-refractivity contribution < 1.29 is 8.78 Å². The van der Waals surface area contributed by atoms with Crippen LogP contribution in [0.3, 0.4) is 0 Å². The monoisotopic (exact) mass is 213 g/mol. The number of benzene rings is 1. The lowest BCUT2D eigenvalue weighted by Gasteiger charge is -2.13. The van der Waals surface area contributed by atoms with E-state index in [0.29, 0.717) is 12.5 Å². The van der Waals surface area contributed by atoms with Gasteiger partial charge in [-0.05, 0) is 44.0 Å². The molecule has 0 radical (unpaired) electrons. The van der Waals surface area contributed by atoms with E-state index in [0.717, 1.165) is 24.5 Å². The second-order valence-electron chi connectivity index (χ2n) is 3.71. The van der Waals surface area contributed by atoms with Gasteiger partial charge < -0.3 is 5.32 Å². The van der Waals surface area contributed by atoms with Crippen LogP contribution in [0.25, 0.3) is 0 Å². The maximum Gasteiger partial charge on any atom is 0.126 e.